The molecule has 1 atom stereocenters. The first-order chi connectivity index (χ1) is 14.3. The predicted molar refractivity (Wildman–Crippen MR) is 116 cm³/mol. The molecule has 0 spiro atoms. The Balaban J connectivity index is 1.56. The third kappa shape index (κ3) is 4.35. The average molecular weight is 438 g/mol. The van der Waals surface area contributed by atoms with Gasteiger partial charge in [0.25, 0.3) is 6.43 Å². The summed E-state index contributed by atoms with van der Waals surface area (Å²) in [6, 6.07) is 5.92. The van der Waals surface area contributed by atoms with Crippen LogP contribution in [-0.2, 0) is 11.2 Å². The molecule has 0 saturated carbocycles. The summed E-state index contributed by atoms with van der Waals surface area (Å²) >= 11 is 6.23. The number of hydrogen-bond donors (Lipinski definition) is 1. The molecule has 7 heteroatoms. The highest BCUT2D eigenvalue weighted by Crippen LogP contribution is 2.39. The second-order valence-electron chi connectivity index (χ2n) is 9.10. The second-order valence-corrected chi connectivity index (χ2v) is 9.54. The van der Waals surface area contributed by atoms with Crippen molar-refractivity contribution in [2.45, 2.75) is 52.0 Å². The fourth-order valence-corrected chi connectivity index (χ4v) is 5.26. The molecule has 1 N–H and O–H groups in total. The van der Waals surface area contributed by atoms with Crippen LogP contribution in [-0.4, -0.2) is 53.3 Å². The van der Waals surface area contributed by atoms with Crippen molar-refractivity contribution in [2.24, 2.45) is 11.8 Å². The van der Waals surface area contributed by atoms with Crippen LogP contribution in [0.4, 0.5) is 8.78 Å². The van der Waals surface area contributed by atoms with Gasteiger partial charge in [0.15, 0.2) is 0 Å². The topological polar surface area (TPSA) is 39.3 Å². The Morgan fingerprint density at radius 1 is 1.23 bits per heavy atom. The van der Waals surface area contributed by atoms with Gasteiger partial charge in [-0.25, -0.2) is 8.78 Å². The fraction of sp³-hybridized carbons (Fsp3) is 0.609. The Bertz CT molecular complexity index is 905. The van der Waals surface area contributed by atoms with Gasteiger partial charge in [0.2, 0.25) is 5.91 Å². The number of fused-ring (bicyclic) bond motifs is 3. The van der Waals surface area contributed by atoms with E-state index < -0.39 is 6.43 Å². The monoisotopic (exact) mass is 437 g/mol. The van der Waals surface area contributed by atoms with E-state index in [9.17, 15) is 13.6 Å². The van der Waals surface area contributed by atoms with Gasteiger partial charge >= 0.3 is 0 Å². The van der Waals surface area contributed by atoms with Crippen LogP contribution in [0.1, 0.15) is 50.4 Å². The molecule has 1 amide bonds. The molecule has 0 aliphatic carbocycles. The van der Waals surface area contributed by atoms with Crippen molar-refractivity contribution in [3.63, 3.8) is 0 Å². The number of likely N-dealkylation sites (tertiary alicyclic amines) is 1. The van der Waals surface area contributed by atoms with Crippen molar-refractivity contribution in [2.75, 3.05) is 26.2 Å². The number of carbonyl (C=O) groups is 1. The number of amides is 1. The number of aromatic amines is 1. The lowest BCUT2D eigenvalue weighted by molar-refractivity contribution is -0.140. The Hall–Kier alpha value is -1.66. The summed E-state index contributed by atoms with van der Waals surface area (Å²) < 4.78 is 25.3. The number of alkyl halides is 2. The van der Waals surface area contributed by atoms with E-state index in [2.05, 4.69) is 18.8 Å². The highest BCUT2D eigenvalue weighted by atomic mass is 35.5. The van der Waals surface area contributed by atoms with Gasteiger partial charge in [-0.2, -0.15) is 0 Å². The van der Waals surface area contributed by atoms with Gasteiger partial charge in [0.1, 0.15) is 0 Å². The maximum Gasteiger partial charge on any atom is 0.251 e. The van der Waals surface area contributed by atoms with E-state index >= 15 is 0 Å². The van der Waals surface area contributed by atoms with Crippen molar-refractivity contribution in [1.82, 2.24) is 14.8 Å². The van der Waals surface area contributed by atoms with Crippen LogP contribution in [0, 0.1) is 11.8 Å². The van der Waals surface area contributed by atoms with E-state index in [1.807, 2.05) is 23.1 Å². The SMILES string of the molecule is CC(C)C[C@H]1c2[nH]c3ccc(Cl)cc3c2CCN1C(=O)C1CCN(CC(F)F)CC1. The molecule has 2 aromatic rings. The number of piperidine rings is 1. The summed E-state index contributed by atoms with van der Waals surface area (Å²) in [5.41, 5.74) is 3.47. The first kappa shape index (κ1) is 21.6. The minimum Gasteiger partial charge on any atom is -0.356 e. The lowest BCUT2D eigenvalue weighted by Gasteiger charge is -2.40. The number of rotatable bonds is 5. The van der Waals surface area contributed by atoms with Crippen molar-refractivity contribution < 1.29 is 13.6 Å². The molecule has 164 valence electrons. The van der Waals surface area contributed by atoms with Crippen molar-refractivity contribution >= 4 is 28.4 Å². The zero-order chi connectivity index (χ0) is 21.4. The van der Waals surface area contributed by atoms with E-state index in [0.717, 1.165) is 34.5 Å². The van der Waals surface area contributed by atoms with Gasteiger partial charge in [-0.05, 0) is 68.5 Å². The summed E-state index contributed by atoms with van der Waals surface area (Å²) in [5.74, 6) is 0.549. The summed E-state index contributed by atoms with van der Waals surface area (Å²) in [7, 11) is 0. The van der Waals surface area contributed by atoms with E-state index in [0.29, 0.717) is 38.4 Å². The Kier molecular flexibility index (Phi) is 6.35. The van der Waals surface area contributed by atoms with Crippen LogP contribution in [0.3, 0.4) is 0 Å². The van der Waals surface area contributed by atoms with Gasteiger partial charge in [0.05, 0.1) is 12.6 Å². The molecular weight excluding hydrogens is 408 g/mol. The van der Waals surface area contributed by atoms with E-state index in [1.165, 1.54) is 5.56 Å². The molecule has 30 heavy (non-hydrogen) atoms. The number of halogens is 3. The molecule has 0 unspecified atom stereocenters. The van der Waals surface area contributed by atoms with Crippen molar-refractivity contribution in [3.8, 4) is 0 Å². The lowest BCUT2D eigenvalue weighted by atomic mass is 9.88. The maximum atomic E-state index is 13.5. The highest BCUT2D eigenvalue weighted by molar-refractivity contribution is 6.31. The third-order valence-electron chi connectivity index (χ3n) is 6.52. The Morgan fingerprint density at radius 3 is 2.63 bits per heavy atom. The van der Waals surface area contributed by atoms with Crippen LogP contribution in [0.5, 0.6) is 0 Å². The summed E-state index contributed by atoms with van der Waals surface area (Å²) in [6.07, 6.45) is 0.699. The zero-order valence-corrected chi connectivity index (χ0v) is 18.4. The number of benzene rings is 1. The molecule has 4 nitrogen and oxygen atoms in total. The third-order valence-corrected chi connectivity index (χ3v) is 6.76. The van der Waals surface area contributed by atoms with Gasteiger partial charge < -0.3 is 9.88 Å². The lowest BCUT2D eigenvalue weighted by Crippen LogP contribution is -2.47. The van der Waals surface area contributed by atoms with Crippen LogP contribution in [0.2, 0.25) is 5.02 Å². The molecule has 0 bridgehead atoms. The van der Waals surface area contributed by atoms with Crippen LogP contribution < -0.4 is 0 Å². The summed E-state index contributed by atoms with van der Waals surface area (Å²) in [4.78, 5) is 20.9. The van der Waals surface area contributed by atoms with Gasteiger partial charge in [-0.3, -0.25) is 9.69 Å². The minimum atomic E-state index is -2.32. The van der Waals surface area contributed by atoms with E-state index in [-0.39, 0.29) is 24.4 Å². The molecule has 1 aromatic carbocycles. The van der Waals surface area contributed by atoms with E-state index in [4.69, 9.17) is 11.6 Å². The Labute approximate surface area is 181 Å². The van der Waals surface area contributed by atoms with Gasteiger partial charge in [-0.1, -0.05) is 25.4 Å². The minimum absolute atomic E-state index is 0.0199. The smallest absolute Gasteiger partial charge is 0.251 e. The average Bonchev–Trinajstić information content (AvgIpc) is 3.06. The maximum absolute atomic E-state index is 13.5. The van der Waals surface area contributed by atoms with Crippen LogP contribution >= 0.6 is 11.6 Å². The van der Waals surface area contributed by atoms with Crippen molar-refractivity contribution in [1.29, 1.82) is 0 Å². The number of nitrogens with zero attached hydrogens (tertiary/aromatic N) is 2. The molecule has 4 rings (SSSR count). The number of H-pyrrole nitrogens is 1. The number of aromatic nitrogens is 1. The fourth-order valence-electron chi connectivity index (χ4n) is 5.09. The second kappa shape index (κ2) is 8.83. The predicted octanol–water partition coefficient (Wildman–Crippen LogP) is 5.27. The van der Waals surface area contributed by atoms with Crippen LogP contribution in [0.25, 0.3) is 10.9 Å². The standard InChI is InChI=1S/C23H30ClF2N3O/c1-14(2)11-20-22-17(18-12-16(24)3-4-19(18)27-22)7-10-29(20)23(30)15-5-8-28(9-6-15)13-21(25)26/h3-4,12,14-15,20-21,27H,5-11,13H2,1-2H3/t20-/m0/s1. The molecule has 0 radical (unpaired) electrons. The molecule has 3 heterocycles. The van der Waals surface area contributed by atoms with Gasteiger partial charge in [0, 0.05) is 34.1 Å². The number of hydrogen-bond acceptors (Lipinski definition) is 2. The molecule has 1 fully saturated rings. The molecular formula is C23H30ClF2N3O. The van der Waals surface area contributed by atoms with E-state index in [1.54, 1.807) is 4.90 Å². The van der Waals surface area contributed by atoms with Crippen LogP contribution in [0.15, 0.2) is 18.2 Å². The quantitative estimate of drug-likeness (QED) is 0.692. The first-order valence-electron chi connectivity index (χ1n) is 10.9. The highest BCUT2D eigenvalue weighted by Gasteiger charge is 2.37. The number of carbonyl (C=O) groups excluding carboxylic acids is 1. The number of nitrogens with one attached hydrogen (secondary N) is 1. The molecule has 2 aliphatic rings. The molecule has 2 aliphatic heterocycles. The largest absolute Gasteiger partial charge is 0.356 e. The van der Waals surface area contributed by atoms with Crippen molar-refractivity contribution in [3.05, 3.63) is 34.5 Å². The summed E-state index contributed by atoms with van der Waals surface area (Å²) in [5, 5.41) is 1.87. The first-order valence-corrected chi connectivity index (χ1v) is 11.3. The van der Waals surface area contributed by atoms with Gasteiger partial charge in [-0.15, -0.1) is 0 Å². The Morgan fingerprint density at radius 2 is 1.97 bits per heavy atom. The molecule has 1 aromatic heterocycles. The normalized spacial score (nSPS) is 21.0. The molecule has 1 saturated heterocycles. The summed E-state index contributed by atoms with van der Waals surface area (Å²) in [6.45, 7) is 6.00. The zero-order valence-electron chi connectivity index (χ0n) is 17.6.